The van der Waals surface area contributed by atoms with Crippen LogP contribution in [0.2, 0.25) is 0 Å². The smallest absolute Gasteiger partial charge is 0.192 e. The lowest BCUT2D eigenvalue weighted by molar-refractivity contribution is 0.561. The van der Waals surface area contributed by atoms with E-state index in [0.717, 1.165) is 16.8 Å². The summed E-state index contributed by atoms with van der Waals surface area (Å²) < 4.78 is 5.37. The summed E-state index contributed by atoms with van der Waals surface area (Å²) >= 11 is 0. The number of aromatic nitrogens is 1. The molecule has 15 heavy (non-hydrogen) atoms. The zero-order chi connectivity index (χ0) is 10.8. The summed E-state index contributed by atoms with van der Waals surface area (Å²) in [5, 5.41) is 8.59. The quantitative estimate of drug-likeness (QED) is 0.698. The van der Waals surface area contributed by atoms with E-state index in [1.807, 2.05) is 37.1 Å². The van der Waals surface area contributed by atoms with Crippen molar-refractivity contribution < 1.29 is 4.42 Å². The number of benzene rings is 1. The average molecular weight is 201 g/mol. The SMILES string of the molecule is Cc1nc2cc(N(C)CC#N)ccc2o1. The molecule has 0 atom stereocenters. The van der Waals surface area contributed by atoms with Crippen molar-refractivity contribution >= 4 is 16.8 Å². The minimum atomic E-state index is 0.363. The van der Waals surface area contributed by atoms with Crippen molar-refractivity contribution in [1.29, 1.82) is 5.26 Å². The van der Waals surface area contributed by atoms with Crippen molar-refractivity contribution in [1.82, 2.24) is 4.98 Å². The first kappa shape index (κ1) is 9.53. The van der Waals surface area contributed by atoms with Crippen LogP contribution in [0.4, 0.5) is 5.69 Å². The van der Waals surface area contributed by atoms with E-state index in [1.165, 1.54) is 0 Å². The van der Waals surface area contributed by atoms with Crippen LogP contribution < -0.4 is 4.90 Å². The minimum absolute atomic E-state index is 0.363. The third-order valence-electron chi connectivity index (χ3n) is 2.23. The predicted octanol–water partition coefficient (Wildman–Crippen LogP) is 2.10. The second-order valence-electron chi connectivity index (χ2n) is 3.40. The lowest BCUT2D eigenvalue weighted by atomic mass is 10.2. The average Bonchev–Trinajstić information content (AvgIpc) is 2.57. The standard InChI is InChI=1S/C11H11N3O/c1-8-13-10-7-9(14(2)6-5-12)3-4-11(10)15-8/h3-4,7H,6H2,1-2H3. The van der Waals surface area contributed by atoms with Gasteiger partial charge < -0.3 is 9.32 Å². The number of nitriles is 1. The molecule has 0 aliphatic rings. The first-order valence-electron chi connectivity index (χ1n) is 4.66. The van der Waals surface area contributed by atoms with Gasteiger partial charge in [0.05, 0.1) is 6.07 Å². The summed E-state index contributed by atoms with van der Waals surface area (Å²) in [6.45, 7) is 2.18. The molecule has 4 heteroatoms. The molecule has 0 amide bonds. The van der Waals surface area contributed by atoms with Crippen LogP contribution >= 0.6 is 0 Å². The minimum Gasteiger partial charge on any atom is -0.441 e. The molecular formula is C11H11N3O. The fourth-order valence-corrected chi connectivity index (χ4v) is 1.47. The summed E-state index contributed by atoms with van der Waals surface area (Å²) in [4.78, 5) is 6.10. The second-order valence-corrected chi connectivity index (χ2v) is 3.40. The lowest BCUT2D eigenvalue weighted by Crippen LogP contribution is -2.16. The maximum Gasteiger partial charge on any atom is 0.192 e. The maximum atomic E-state index is 8.59. The number of hydrogen-bond acceptors (Lipinski definition) is 4. The molecule has 76 valence electrons. The van der Waals surface area contributed by atoms with Crippen LogP contribution in [0.3, 0.4) is 0 Å². The first-order chi connectivity index (χ1) is 7.20. The number of aryl methyl sites for hydroxylation is 1. The summed E-state index contributed by atoms with van der Waals surface area (Å²) in [6.07, 6.45) is 0. The van der Waals surface area contributed by atoms with Crippen molar-refractivity contribution in [2.75, 3.05) is 18.5 Å². The second kappa shape index (κ2) is 3.62. The van der Waals surface area contributed by atoms with E-state index in [-0.39, 0.29) is 0 Å². The van der Waals surface area contributed by atoms with Crippen LogP contribution in [0.25, 0.3) is 11.1 Å². The van der Waals surface area contributed by atoms with Crippen LogP contribution in [0.5, 0.6) is 0 Å². The zero-order valence-corrected chi connectivity index (χ0v) is 8.69. The number of anilines is 1. The molecule has 1 aromatic heterocycles. The van der Waals surface area contributed by atoms with E-state index >= 15 is 0 Å². The summed E-state index contributed by atoms with van der Waals surface area (Å²) in [5.41, 5.74) is 2.58. The van der Waals surface area contributed by atoms with Gasteiger partial charge in [-0.05, 0) is 18.2 Å². The topological polar surface area (TPSA) is 53.1 Å². The molecule has 1 heterocycles. The number of hydrogen-bond donors (Lipinski definition) is 0. The van der Waals surface area contributed by atoms with Crippen LogP contribution in [0, 0.1) is 18.3 Å². The number of nitrogens with zero attached hydrogens (tertiary/aromatic N) is 3. The van der Waals surface area contributed by atoms with E-state index in [9.17, 15) is 0 Å². The van der Waals surface area contributed by atoms with E-state index in [1.54, 1.807) is 0 Å². The highest BCUT2D eigenvalue weighted by Gasteiger charge is 2.05. The zero-order valence-electron chi connectivity index (χ0n) is 8.69. The molecule has 0 saturated heterocycles. The molecule has 4 nitrogen and oxygen atoms in total. The highest BCUT2D eigenvalue weighted by atomic mass is 16.3. The van der Waals surface area contributed by atoms with Gasteiger partial charge in [-0.15, -0.1) is 0 Å². The van der Waals surface area contributed by atoms with Gasteiger partial charge in [0.2, 0.25) is 0 Å². The van der Waals surface area contributed by atoms with Gasteiger partial charge in [0.15, 0.2) is 11.5 Å². The number of oxazole rings is 1. The van der Waals surface area contributed by atoms with Crippen molar-refractivity contribution in [3.05, 3.63) is 24.1 Å². The summed E-state index contributed by atoms with van der Waals surface area (Å²) in [5.74, 6) is 0.657. The maximum absolute atomic E-state index is 8.59. The van der Waals surface area contributed by atoms with Crippen molar-refractivity contribution in [3.8, 4) is 6.07 Å². The Kier molecular flexibility index (Phi) is 2.30. The number of rotatable bonds is 2. The molecule has 0 aliphatic heterocycles. The number of fused-ring (bicyclic) bond motifs is 1. The van der Waals surface area contributed by atoms with E-state index in [2.05, 4.69) is 11.1 Å². The fraction of sp³-hybridized carbons (Fsp3) is 0.273. The predicted molar refractivity (Wildman–Crippen MR) is 57.6 cm³/mol. The van der Waals surface area contributed by atoms with E-state index in [0.29, 0.717) is 12.4 Å². The van der Waals surface area contributed by atoms with E-state index < -0.39 is 0 Å². The van der Waals surface area contributed by atoms with Gasteiger partial charge in [-0.25, -0.2) is 4.98 Å². The third kappa shape index (κ3) is 1.77. The highest BCUT2D eigenvalue weighted by Crippen LogP contribution is 2.21. The normalized spacial score (nSPS) is 10.2. The molecule has 2 rings (SSSR count). The van der Waals surface area contributed by atoms with Gasteiger partial charge in [0.1, 0.15) is 12.1 Å². The van der Waals surface area contributed by atoms with Gasteiger partial charge in [0.25, 0.3) is 0 Å². The van der Waals surface area contributed by atoms with Crippen LogP contribution in [0.1, 0.15) is 5.89 Å². The van der Waals surface area contributed by atoms with Gasteiger partial charge in [0, 0.05) is 19.7 Å². The largest absolute Gasteiger partial charge is 0.441 e. The Balaban J connectivity index is 2.42. The highest BCUT2D eigenvalue weighted by molar-refractivity contribution is 5.77. The lowest BCUT2D eigenvalue weighted by Gasteiger charge is -2.14. The molecule has 2 aromatic rings. The van der Waals surface area contributed by atoms with Crippen molar-refractivity contribution in [2.24, 2.45) is 0 Å². The molecule has 0 N–H and O–H groups in total. The molecule has 0 saturated carbocycles. The Labute approximate surface area is 87.7 Å². The first-order valence-corrected chi connectivity index (χ1v) is 4.66. The Bertz CT molecular complexity index is 524. The molecule has 0 aliphatic carbocycles. The fourth-order valence-electron chi connectivity index (χ4n) is 1.47. The molecule has 0 fully saturated rings. The van der Waals surface area contributed by atoms with Crippen LogP contribution in [-0.2, 0) is 0 Å². The van der Waals surface area contributed by atoms with Crippen LogP contribution in [-0.4, -0.2) is 18.6 Å². The third-order valence-corrected chi connectivity index (χ3v) is 2.23. The monoisotopic (exact) mass is 201 g/mol. The van der Waals surface area contributed by atoms with Crippen molar-refractivity contribution in [3.63, 3.8) is 0 Å². The Morgan fingerprint density at radius 1 is 1.53 bits per heavy atom. The Morgan fingerprint density at radius 2 is 2.33 bits per heavy atom. The van der Waals surface area contributed by atoms with Gasteiger partial charge >= 0.3 is 0 Å². The van der Waals surface area contributed by atoms with Crippen LogP contribution in [0.15, 0.2) is 22.6 Å². The molecule has 1 aromatic carbocycles. The Morgan fingerprint density at radius 3 is 3.07 bits per heavy atom. The van der Waals surface area contributed by atoms with Crippen molar-refractivity contribution in [2.45, 2.75) is 6.92 Å². The van der Waals surface area contributed by atoms with Gasteiger partial charge in [-0.1, -0.05) is 0 Å². The molecule has 0 radical (unpaired) electrons. The summed E-state index contributed by atoms with van der Waals surface area (Å²) in [6, 6.07) is 7.82. The van der Waals surface area contributed by atoms with E-state index in [4.69, 9.17) is 9.68 Å². The molecule has 0 bridgehead atoms. The van der Waals surface area contributed by atoms with Gasteiger partial charge in [-0.3, -0.25) is 0 Å². The Hall–Kier alpha value is -2.02. The molecule has 0 spiro atoms. The molecular weight excluding hydrogens is 190 g/mol. The van der Waals surface area contributed by atoms with Gasteiger partial charge in [-0.2, -0.15) is 5.26 Å². The molecule has 0 unspecified atom stereocenters. The summed E-state index contributed by atoms with van der Waals surface area (Å²) in [7, 11) is 1.87.